The van der Waals surface area contributed by atoms with Crippen LogP contribution in [0.5, 0.6) is 0 Å². The maximum atomic E-state index is 10.7. The summed E-state index contributed by atoms with van der Waals surface area (Å²) in [5, 5.41) is 8.77. The number of aryl methyl sites for hydroxylation is 1. The molecule has 0 unspecified atom stereocenters. The van der Waals surface area contributed by atoms with Crippen LogP contribution in [0, 0.1) is 6.92 Å². The van der Waals surface area contributed by atoms with Crippen LogP contribution in [0.1, 0.15) is 28.8 Å². The van der Waals surface area contributed by atoms with Crippen LogP contribution in [0.3, 0.4) is 0 Å². The Morgan fingerprint density at radius 1 is 1.44 bits per heavy atom. The van der Waals surface area contributed by atoms with Gasteiger partial charge in [0, 0.05) is 12.2 Å². The van der Waals surface area contributed by atoms with Crippen molar-refractivity contribution in [1.29, 1.82) is 0 Å². The molecular formula is C11H16O5. The first-order valence-electron chi connectivity index (χ1n) is 5.13. The predicted molar refractivity (Wildman–Crippen MR) is 56.6 cm³/mol. The van der Waals surface area contributed by atoms with E-state index in [9.17, 15) is 4.79 Å². The largest absolute Gasteiger partial charge is 0.475 e. The Bertz CT molecular complexity index is 342. The van der Waals surface area contributed by atoms with Gasteiger partial charge >= 0.3 is 5.97 Å². The first-order valence-corrected chi connectivity index (χ1v) is 5.13. The fraction of sp³-hybridized carbons (Fsp3) is 0.545. The molecule has 90 valence electrons. The minimum atomic E-state index is -1.06. The molecule has 1 heterocycles. The summed E-state index contributed by atoms with van der Waals surface area (Å²) in [7, 11) is 0. The van der Waals surface area contributed by atoms with Crippen molar-refractivity contribution in [2.75, 3.05) is 19.8 Å². The van der Waals surface area contributed by atoms with Crippen molar-refractivity contribution in [2.24, 2.45) is 0 Å². The molecule has 0 aliphatic carbocycles. The fourth-order valence-electron chi connectivity index (χ4n) is 1.27. The summed E-state index contributed by atoms with van der Waals surface area (Å²) in [6, 6.07) is 1.67. The van der Waals surface area contributed by atoms with E-state index in [2.05, 4.69) is 0 Å². The molecule has 0 atom stereocenters. The summed E-state index contributed by atoms with van der Waals surface area (Å²) in [4.78, 5) is 10.7. The lowest BCUT2D eigenvalue weighted by Gasteiger charge is -2.01. The molecule has 0 bridgehead atoms. The Morgan fingerprint density at radius 2 is 2.12 bits per heavy atom. The Morgan fingerprint density at radius 3 is 2.69 bits per heavy atom. The van der Waals surface area contributed by atoms with Gasteiger partial charge in [-0.2, -0.15) is 0 Å². The van der Waals surface area contributed by atoms with E-state index in [1.807, 2.05) is 6.92 Å². The summed E-state index contributed by atoms with van der Waals surface area (Å²) in [5.41, 5.74) is 0.607. The monoisotopic (exact) mass is 228 g/mol. The van der Waals surface area contributed by atoms with Gasteiger partial charge in [0.15, 0.2) is 0 Å². The topological polar surface area (TPSA) is 68.9 Å². The molecule has 0 aliphatic rings. The number of ether oxygens (including phenoxy) is 2. The molecule has 1 rings (SSSR count). The van der Waals surface area contributed by atoms with Crippen molar-refractivity contribution in [1.82, 2.24) is 0 Å². The second-order valence-electron chi connectivity index (χ2n) is 3.28. The Kier molecular flexibility index (Phi) is 5.01. The van der Waals surface area contributed by atoms with E-state index in [4.69, 9.17) is 19.0 Å². The Labute approximate surface area is 94.0 Å². The first kappa shape index (κ1) is 12.7. The standard InChI is InChI=1S/C11H16O5/c1-3-14-4-5-15-7-9-6-8(2)10(16-9)11(12)13/h6H,3-5,7H2,1-2H3,(H,12,13). The van der Waals surface area contributed by atoms with Crippen molar-refractivity contribution in [3.8, 4) is 0 Å². The lowest BCUT2D eigenvalue weighted by atomic mass is 10.3. The van der Waals surface area contributed by atoms with Gasteiger partial charge in [0.2, 0.25) is 5.76 Å². The number of hydrogen-bond donors (Lipinski definition) is 1. The lowest BCUT2D eigenvalue weighted by Crippen LogP contribution is -2.03. The summed E-state index contributed by atoms with van der Waals surface area (Å²) in [6.45, 7) is 5.53. The number of carbonyl (C=O) groups is 1. The average molecular weight is 228 g/mol. The summed E-state index contributed by atoms with van der Waals surface area (Å²) in [6.07, 6.45) is 0. The Balaban J connectivity index is 2.37. The molecular weight excluding hydrogens is 212 g/mol. The van der Waals surface area contributed by atoms with Crippen molar-refractivity contribution in [3.05, 3.63) is 23.2 Å². The van der Waals surface area contributed by atoms with Gasteiger partial charge in [-0.1, -0.05) is 0 Å². The third kappa shape index (κ3) is 3.67. The van der Waals surface area contributed by atoms with E-state index >= 15 is 0 Å². The van der Waals surface area contributed by atoms with Crippen LogP contribution in [-0.4, -0.2) is 30.9 Å². The molecule has 0 aromatic carbocycles. The van der Waals surface area contributed by atoms with E-state index in [1.165, 1.54) is 0 Å². The minimum Gasteiger partial charge on any atom is -0.475 e. The van der Waals surface area contributed by atoms with E-state index < -0.39 is 5.97 Å². The van der Waals surface area contributed by atoms with Crippen molar-refractivity contribution >= 4 is 5.97 Å². The first-order chi connectivity index (χ1) is 7.65. The molecule has 0 fully saturated rings. The summed E-state index contributed by atoms with van der Waals surface area (Å²) >= 11 is 0. The third-order valence-electron chi connectivity index (χ3n) is 1.98. The quantitative estimate of drug-likeness (QED) is 0.721. The van der Waals surface area contributed by atoms with E-state index in [0.29, 0.717) is 31.1 Å². The van der Waals surface area contributed by atoms with Gasteiger partial charge in [-0.3, -0.25) is 0 Å². The highest BCUT2D eigenvalue weighted by Crippen LogP contribution is 2.15. The molecule has 1 N–H and O–H groups in total. The zero-order valence-electron chi connectivity index (χ0n) is 9.49. The van der Waals surface area contributed by atoms with E-state index in [0.717, 1.165) is 0 Å². The van der Waals surface area contributed by atoms with Gasteiger partial charge in [-0.15, -0.1) is 0 Å². The van der Waals surface area contributed by atoms with Gasteiger partial charge in [0.05, 0.1) is 13.2 Å². The molecule has 5 nitrogen and oxygen atoms in total. The fourth-order valence-corrected chi connectivity index (χ4v) is 1.27. The van der Waals surface area contributed by atoms with Crippen LogP contribution in [0.4, 0.5) is 0 Å². The molecule has 0 saturated carbocycles. The number of carboxylic acids is 1. The van der Waals surface area contributed by atoms with Gasteiger partial charge in [-0.25, -0.2) is 4.79 Å². The smallest absolute Gasteiger partial charge is 0.372 e. The maximum Gasteiger partial charge on any atom is 0.372 e. The van der Waals surface area contributed by atoms with Crippen molar-refractivity contribution in [3.63, 3.8) is 0 Å². The van der Waals surface area contributed by atoms with Crippen LogP contribution < -0.4 is 0 Å². The lowest BCUT2D eigenvalue weighted by molar-refractivity contribution is 0.0379. The van der Waals surface area contributed by atoms with E-state index in [1.54, 1.807) is 13.0 Å². The van der Waals surface area contributed by atoms with Crippen LogP contribution >= 0.6 is 0 Å². The number of rotatable bonds is 7. The van der Waals surface area contributed by atoms with Gasteiger partial charge in [0.1, 0.15) is 12.4 Å². The third-order valence-corrected chi connectivity index (χ3v) is 1.98. The molecule has 0 aliphatic heterocycles. The van der Waals surface area contributed by atoms with Crippen LogP contribution in [-0.2, 0) is 16.1 Å². The molecule has 0 saturated heterocycles. The molecule has 1 aromatic heterocycles. The average Bonchev–Trinajstić information content (AvgIpc) is 2.59. The minimum absolute atomic E-state index is 0.0246. The van der Waals surface area contributed by atoms with Crippen LogP contribution in [0.25, 0.3) is 0 Å². The second kappa shape index (κ2) is 6.30. The number of hydrogen-bond acceptors (Lipinski definition) is 4. The molecule has 0 radical (unpaired) electrons. The maximum absolute atomic E-state index is 10.7. The molecule has 1 aromatic rings. The van der Waals surface area contributed by atoms with Crippen molar-refractivity contribution < 1.29 is 23.8 Å². The zero-order chi connectivity index (χ0) is 12.0. The second-order valence-corrected chi connectivity index (χ2v) is 3.28. The van der Waals surface area contributed by atoms with Gasteiger partial charge < -0.3 is 19.0 Å². The molecule has 16 heavy (non-hydrogen) atoms. The van der Waals surface area contributed by atoms with Gasteiger partial charge in [0.25, 0.3) is 0 Å². The highest BCUT2D eigenvalue weighted by molar-refractivity contribution is 5.86. The highest BCUT2D eigenvalue weighted by Gasteiger charge is 2.13. The number of carboxylic acid groups (broad SMARTS) is 1. The van der Waals surface area contributed by atoms with Gasteiger partial charge in [-0.05, 0) is 19.9 Å². The van der Waals surface area contributed by atoms with Crippen LogP contribution in [0.15, 0.2) is 10.5 Å². The highest BCUT2D eigenvalue weighted by atomic mass is 16.5. The normalized spacial score (nSPS) is 10.6. The van der Waals surface area contributed by atoms with E-state index in [-0.39, 0.29) is 12.4 Å². The van der Waals surface area contributed by atoms with Crippen LogP contribution in [0.2, 0.25) is 0 Å². The zero-order valence-corrected chi connectivity index (χ0v) is 9.49. The Hall–Kier alpha value is -1.33. The molecule has 0 amide bonds. The summed E-state index contributed by atoms with van der Waals surface area (Å²) in [5.74, 6) is -0.562. The molecule has 5 heteroatoms. The number of aromatic carboxylic acids is 1. The summed E-state index contributed by atoms with van der Waals surface area (Å²) < 4.78 is 15.5. The number of furan rings is 1. The SMILES string of the molecule is CCOCCOCc1cc(C)c(C(=O)O)o1. The van der Waals surface area contributed by atoms with Crippen molar-refractivity contribution in [2.45, 2.75) is 20.5 Å². The predicted octanol–water partition coefficient (Wildman–Crippen LogP) is 1.84. The molecule has 0 spiro atoms.